The highest BCUT2D eigenvalue weighted by molar-refractivity contribution is 7.80. The van der Waals surface area contributed by atoms with Crippen molar-refractivity contribution in [3.05, 3.63) is 0 Å². The predicted molar refractivity (Wildman–Crippen MR) is 48.2 cm³/mol. The number of nitrogens with zero attached hydrogens (tertiary/aromatic N) is 1. The van der Waals surface area contributed by atoms with Gasteiger partial charge >= 0.3 is 5.97 Å². The third kappa shape index (κ3) is 5.09. The molecule has 0 heterocycles. The van der Waals surface area contributed by atoms with Crippen molar-refractivity contribution in [1.29, 1.82) is 0 Å². The molecular formula is C7H15NO2S. The zero-order valence-corrected chi connectivity index (χ0v) is 7.84. The van der Waals surface area contributed by atoms with E-state index in [0.29, 0.717) is 0 Å². The Labute approximate surface area is 72.8 Å². The van der Waals surface area contributed by atoms with Gasteiger partial charge in [-0.05, 0) is 26.3 Å². The summed E-state index contributed by atoms with van der Waals surface area (Å²) in [7, 11) is 3.77. The minimum absolute atomic E-state index is 0.116. The maximum atomic E-state index is 10.3. The second-order valence-corrected chi connectivity index (χ2v) is 3.17. The van der Waals surface area contributed by atoms with Crippen LogP contribution in [0.15, 0.2) is 0 Å². The molecule has 4 heteroatoms. The molecule has 0 fully saturated rings. The fourth-order valence-electron chi connectivity index (χ4n) is 0.893. The Hall–Kier alpha value is -0.220. The van der Waals surface area contributed by atoms with E-state index in [9.17, 15) is 4.79 Å². The number of rotatable bonds is 5. The molecule has 0 bridgehead atoms. The van der Waals surface area contributed by atoms with Gasteiger partial charge in [-0.25, -0.2) is 0 Å². The van der Waals surface area contributed by atoms with E-state index in [1.54, 1.807) is 0 Å². The van der Waals surface area contributed by atoms with Crippen LogP contribution in [0.4, 0.5) is 0 Å². The van der Waals surface area contributed by atoms with Gasteiger partial charge in [0.05, 0.1) is 6.42 Å². The number of carboxylic acids is 1. The summed E-state index contributed by atoms with van der Waals surface area (Å²) in [4.78, 5) is 12.3. The molecule has 3 nitrogen and oxygen atoms in total. The zero-order valence-electron chi connectivity index (χ0n) is 6.95. The summed E-state index contributed by atoms with van der Waals surface area (Å²) in [5.74, 6) is -0.0127. The Morgan fingerprint density at radius 3 is 2.45 bits per heavy atom. The fourth-order valence-corrected chi connectivity index (χ4v) is 1.19. The molecule has 0 amide bonds. The Morgan fingerprint density at radius 2 is 2.18 bits per heavy atom. The number of carbonyl (C=O) groups is 1. The first-order valence-electron chi connectivity index (χ1n) is 3.57. The van der Waals surface area contributed by atoms with Crippen LogP contribution in [0.25, 0.3) is 0 Å². The number of hydrogen-bond donors (Lipinski definition) is 2. The van der Waals surface area contributed by atoms with Crippen molar-refractivity contribution in [2.75, 3.05) is 19.8 Å². The molecule has 1 N–H and O–H groups in total. The third-order valence-corrected chi connectivity index (χ3v) is 1.86. The van der Waals surface area contributed by atoms with Crippen molar-refractivity contribution in [3.8, 4) is 0 Å². The van der Waals surface area contributed by atoms with Crippen LogP contribution in [-0.2, 0) is 4.79 Å². The van der Waals surface area contributed by atoms with Gasteiger partial charge in [0.15, 0.2) is 0 Å². The van der Waals surface area contributed by atoms with Crippen LogP contribution < -0.4 is 0 Å². The minimum atomic E-state index is -0.745. The maximum absolute atomic E-state index is 10.3. The lowest BCUT2D eigenvalue weighted by molar-refractivity contribution is -0.138. The van der Waals surface area contributed by atoms with Gasteiger partial charge in [0, 0.05) is 6.04 Å². The monoisotopic (exact) mass is 177 g/mol. The van der Waals surface area contributed by atoms with E-state index in [0.717, 1.165) is 12.2 Å². The number of carboxylic acid groups (broad SMARTS) is 1. The van der Waals surface area contributed by atoms with Gasteiger partial charge in [-0.3, -0.25) is 4.79 Å². The first-order chi connectivity index (χ1) is 5.07. The van der Waals surface area contributed by atoms with Crippen molar-refractivity contribution in [1.82, 2.24) is 4.90 Å². The normalized spacial score (nSPS) is 13.5. The molecule has 0 aromatic rings. The molecule has 1 unspecified atom stereocenters. The molecule has 0 radical (unpaired) electrons. The van der Waals surface area contributed by atoms with Gasteiger partial charge in [-0.1, -0.05) is 0 Å². The summed E-state index contributed by atoms with van der Waals surface area (Å²) >= 11 is 4.06. The van der Waals surface area contributed by atoms with Crippen LogP contribution in [-0.4, -0.2) is 41.9 Å². The highest BCUT2D eigenvalue weighted by atomic mass is 32.1. The van der Waals surface area contributed by atoms with Gasteiger partial charge in [0.1, 0.15) is 0 Å². The average Bonchev–Trinajstić information content (AvgIpc) is 1.86. The first kappa shape index (κ1) is 10.8. The molecule has 0 aliphatic heterocycles. The standard InChI is InChI=1S/C7H15NO2S/c1-8(2)6(3-4-11)5-7(9)10/h6,11H,3-5H2,1-2H3,(H,9,10). The summed E-state index contributed by atoms with van der Waals surface area (Å²) < 4.78 is 0. The van der Waals surface area contributed by atoms with Gasteiger partial charge < -0.3 is 10.0 Å². The smallest absolute Gasteiger partial charge is 0.304 e. The van der Waals surface area contributed by atoms with E-state index in [1.165, 1.54) is 0 Å². The van der Waals surface area contributed by atoms with Crippen LogP contribution in [0.2, 0.25) is 0 Å². The van der Waals surface area contributed by atoms with Crippen LogP contribution in [0.3, 0.4) is 0 Å². The molecule has 0 aromatic heterocycles. The summed E-state index contributed by atoms with van der Waals surface area (Å²) in [6, 6.07) is 0.116. The summed E-state index contributed by atoms with van der Waals surface area (Å²) in [5, 5.41) is 8.51. The maximum Gasteiger partial charge on any atom is 0.304 e. The minimum Gasteiger partial charge on any atom is -0.481 e. The van der Waals surface area contributed by atoms with E-state index in [-0.39, 0.29) is 12.5 Å². The van der Waals surface area contributed by atoms with Crippen molar-refractivity contribution in [2.45, 2.75) is 18.9 Å². The number of thiol groups is 1. The van der Waals surface area contributed by atoms with Crippen molar-refractivity contribution in [2.24, 2.45) is 0 Å². The van der Waals surface area contributed by atoms with Crippen LogP contribution in [0, 0.1) is 0 Å². The Morgan fingerprint density at radius 1 is 1.64 bits per heavy atom. The second-order valence-electron chi connectivity index (χ2n) is 2.73. The molecule has 0 rings (SSSR count). The Kier molecular flexibility index (Phi) is 5.32. The molecule has 11 heavy (non-hydrogen) atoms. The predicted octanol–water partition coefficient (Wildman–Crippen LogP) is 0.711. The number of aliphatic carboxylic acids is 1. The molecule has 66 valence electrons. The Bertz CT molecular complexity index is 128. The van der Waals surface area contributed by atoms with E-state index in [1.807, 2.05) is 19.0 Å². The molecule has 0 aliphatic carbocycles. The highest BCUT2D eigenvalue weighted by Gasteiger charge is 2.13. The number of hydrogen-bond acceptors (Lipinski definition) is 3. The van der Waals surface area contributed by atoms with Gasteiger partial charge in [0.25, 0.3) is 0 Å². The van der Waals surface area contributed by atoms with Crippen LogP contribution in [0.1, 0.15) is 12.8 Å². The topological polar surface area (TPSA) is 40.5 Å². The summed E-state index contributed by atoms with van der Waals surface area (Å²) in [5.41, 5.74) is 0. The van der Waals surface area contributed by atoms with Gasteiger partial charge in [-0.2, -0.15) is 12.6 Å². The molecule has 0 aromatic carbocycles. The van der Waals surface area contributed by atoms with Gasteiger partial charge in [-0.15, -0.1) is 0 Å². The van der Waals surface area contributed by atoms with E-state index < -0.39 is 5.97 Å². The fraction of sp³-hybridized carbons (Fsp3) is 0.857. The molecule has 1 atom stereocenters. The van der Waals surface area contributed by atoms with Crippen molar-refractivity contribution < 1.29 is 9.90 Å². The van der Waals surface area contributed by atoms with Crippen molar-refractivity contribution >= 4 is 18.6 Å². The van der Waals surface area contributed by atoms with Crippen LogP contribution >= 0.6 is 12.6 Å². The largest absolute Gasteiger partial charge is 0.481 e. The Balaban J connectivity index is 3.79. The molecular weight excluding hydrogens is 162 g/mol. The summed E-state index contributed by atoms with van der Waals surface area (Å²) in [6.45, 7) is 0. The van der Waals surface area contributed by atoms with Gasteiger partial charge in [0.2, 0.25) is 0 Å². The molecule has 0 aliphatic rings. The average molecular weight is 177 g/mol. The quantitative estimate of drug-likeness (QED) is 0.608. The van der Waals surface area contributed by atoms with E-state index >= 15 is 0 Å². The third-order valence-electron chi connectivity index (χ3n) is 1.60. The van der Waals surface area contributed by atoms with E-state index in [2.05, 4.69) is 12.6 Å². The van der Waals surface area contributed by atoms with E-state index in [4.69, 9.17) is 5.11 Å². The van der Waals surface area contributed by atoms with Crippen molar-refractivity contribution in [3.63, 3.8) is 0 Å². The molecule has 0 saturated heterocycles. The molecule has 0 saturated carbocycles. The lowest BCUT2D eigenvalue weighted by Gasteiger charge is -2.21. The summed E-state index contributed by atoms with van der Waals surface area (Å²) in [6.07, 6.45) is 1.02. The SMILES string of the molecule is CN(C)C(CCS)CC(=O)O. The second kappa shape index (κ2) is 5.43. The lowest BCUT2D eigenvalue weighted by atomic mass is 10.1. The molecule has 0 spiro atoms. The zero-order chi connectivity index (χ0) is 8.85. The van der Waals surface area contributed by atoms with Crippen LogP contribution in [0.5, 0.6) is 0 Å². The highest BCUT2D eigenvalue weighted by Crippen LogP contribution is 2.05. The first-order valence-corrected chi connectivity index (χ1v) is 4.20. The lowest BCUT2D eigenvalue weighted by Crippen LogP contribution is -2.30.